The lowest BCUT2D eigenvalue weighted by atomic mass is 10.2. The van der Waals surface area contributed by atoms with Gasteiger partial charge in [0.15, 0.2) is 18.1 Å². The van der Waals surface area contributed by atoms with Gasteiger partial charge in [-0.25, -0.2) is 4.79 Å². The van der Waals surface area contributed by atoms with Crippen LogP contribution in [0.15, 0.2) is 48.5 Å². The van der Waals surface area contributed by atoms with Crippen LogP contribution in [0.2, 0.25) is 0 Å². The molecular weight excluding hydrogens is 296 g/mol. The summed E-state index contributed by atoms with van der Waals surface area (Å²) in [6.07, 6.45) is 0. The van der Waals surface area contributed by atoms with Crippen molar-refractivity contribution in [2.24, 2.45) is 0 Å². The summed E-state index contributed by atoms with van der Waals surface area (Å²) in [5.41, 5.74) is 1.07. The first-order valence-corrected chi connectivity index (χ1v) is 7.36. The van der Waals surface area contributed by atoms with Gasteiger partial charge in [0.25, 0.3) is 0 Å². The Hall–Kier alpha value is -2.69. The molecule has 0 heterocycles. The minimum atomic E-state index is -0.407. The Kier molecular flexibility index (Phi) is 6.29. The van der Waals surface area contributed by atoms with E-state index in [-0.39, 0.29) is 6.61 Å². The Morgan fingerprint density at radius 3 is 2.48 bits per heavy atom. The van der Waals surface area contributed by atoms with Crippen LogP contribution in [0.4, 0.5) is 0 Å². The van der Waals surface area contributed by atoms with E-state index in [0.717, 1.165) is 5.56 Å². The number of hydrogen-bond acceptors (Lipinski definition) is 5. The molecule has 2 aromatic carbocycles. The Morgan fingerprint density at radius 2 is 1.78 bits per heavy atom. The van der Waals surface area contributed by atoms with Crippen LogP contribution < -0.4 is 14.2 Å². The molecule has 0 spiro atoms. The highest BCUT2D eigenvalue weighted by Crippen LogP contribution is 2.31. The maximum absolute atomic E-state index is 11.3. The van der Waals surface area contributed by atoms with Crippen LogP contribution in [0.3, 0.4) is 0 Å². The van der Waals surface area contributed by atoms with Gasteiger partial charge in [-0.15, -0.1) is 0 Å². The van der Waals surface area contributed by atoms with Crippen LogP contribution in [0, 0.1) is 0 Å². The fourth-order valence-electron chi connectivity index (χ4n) is 1.94. The number of rotatable bonds is 8. The molecule has 23 heavy (non-hydrogen) atoms. The third-order valence-corrected chi connectivity index (χ3v) is 3.03. The summed E-state index contributed by atoms with van der Waals surface area (Å²) in [5, 5.41) is 0. The van der Waals surface area contributed by atoms with E-state index in [0.29, 0.717) is 30.5 Å². The van der Waals surface area contributed by atoms with Gasteiger partial charge in [0.1, 0.15) is 12.4 Å². The molecule has 0 saturated heterocycles. The van der Waals surface area contributed by atoms with Crippen molar-refractivity contribution in [3.8, 4) is 17.2 Å². The number of hydrogen-bond donors (Lipinski definition) is 0. The summed E-state index contributed by atoms with van der Waals surface area (Å²) in [5.74, 6) is 1.26. The van der Waals surface area contributed by atoms with Gasteiger partial charge in [-0.3, -0.25) is 0 Å². The van der Waals surface area contributed by atoms with Crippen molar-refractivity contribution in [2.75, 3.05) is 20.3 Å². The van der Waals surface area contributed by atoms with Crippen molar-refractivity contribution in [2.45, 2.75) is 13.5 Å². The molecule has 122 valence electrons. The smallest absolute Gasteiger partial charge is 0.344 e. The summed E-state index contributed by atoms with van der Waals surface area (Å²) in [7, 11) is 1.56. The highest BCUT2D eigenvalue weighted by molar-refractivity contribution is 5.71. The number of esters is 1. The van der Waals surface area contributed by atoms with Gasteiger partial charge in [-0.2, -0.15) is 0 Å². The molecule has 0 aliphatic rings. The zero-order valence-corrected chi connectivity index (χ0v) is 13.3. The second-order valence-corrected chi connectivity index (χ2v) is 4.68. The maximum atomic E-state index is 11.3. The largest absolute Gasteiger partial charge is 0.493 e. The molecule has 0 saturated carbocycles. The van der Waals surface area contributed by atoms with Crippen LogP contribution in [-0.2, 0) is 16.1 Å². The lowest BCUT2D eigenvalue weighted by molar-refractivity contribution is -0.145. The second-order valence-electron chi connectivity index (χ2n) is 4.68. The molecule has 5 heteroatoms. The predicted molar refractivity (Wildman–Crippen MR) is 85.9 cm³/mol. The summed E-state index contributed by atoms with van der Waals surface area (Å²) in [6.45, 7) is 2.39. The van der Waals surface area contributed by atoms with E-state index in [1.807, 2.05) is 30.3 Å². The van der Waals surface area contributed by atoms with E-state index in [1.54, 1.807) is 32.2 Å². The van der Waals surface area contributed by atoms with Crippen molar-refractivity contribution in [1.82, 2.24) is 0 Å². The molecule has 2 aromatic rings. The van der Waals surface area contributed by atoms with Gasteiger partial charge in [-0.1, -0.05) is 30.3 Å². The first-order valence-electron chi connectivity index (χ1n) is 7.36. The van der Waals surface area contributed by atoms with Gasteiger partial charge in [0.2, 0.25) is 0 Å². The standard InChI is InChI=1S/C18H20O5/c1-3-21-18(19)13-22-15-9-10-16(17(11-15)20-2)23-12-14-7-5-4-6-8-14/h4-11H,3,12-13H2,1-2H3. The van der Waals surface area contributed by atoms with Gasteiger partial charge < -0.3 is 18.9 Å². The van der Waals surface area contributed by atoms with Crippen LogP contribution in [0.25, 0.3) is 0 Å². The SMILES string of the molecule is CCOC(=O)COc1ccc(OCc2ccccc2)c(OC)c1. The molecule has 0 aliphatic heterocycles. The molecule has 2 rings (SSSR count). The average Bonchev–Trinajstić information content (AvgIpc) is 2.59. The number of benzene rings is 2. The number of carbonyl (C=O) groups excluding carboxylic acids is 1. The second kappa shape index (κ2) is 8.68. The van der Waals surface area contributed by atoms with E-state index in [4.69, 9.17) is 18.9 Å². The molecule has 0 radical (unpaired) electrons. The predicted octanol–water partition coefficient (Wildman–Crippen LogP) is 3.22. The monoisotopic (exact) mass is 316 g/mol. The quantitative estimate of drug-likeness (QED) is 0.700. The zero-order valence-electron chi connectivity index (χ0n) is 13.3. The topological polar surface area (TPSA) is 54.0 Å². The Labute approximate surface area is 135 Å². The molecule has 0 fully saturated rings. The van der Waals surface area contributed by atoms with E-state index >= 15 is 0 Å². The van der Waals surface area contributed by atoms with Crippen LogP contribution in [0.5, 0.6) is 17.2 Å². The van der Waals surface area contributed by atoms with Crippen LogP contribution in [-0.4, -0.2) is 26.3 Å². The van der Waals surface area contributed by atoms with E-state index in [9.17, 15) is 4.79 Å². The van der Waals surface area contributed by atoms with Crippen molar-refractivity contribution in [1.29, 1.82) is 0 Å². The Morgan fingerprint density at radius 1 is 1.00 bits per heavy atom. The summed E-state index contributed by atoms with van der Waals surface area (Å²) >= 11 is 0. The molecule has 0 aromatic heterocycles. The highest BCUT2D eigenvalue weighted by atomic mass is 16.6. The summed E-state index contributed by atoms with van der Waals surface area (Å²) in [6, 6.07) is 15.0. The van der Waals surface area contributed by atoms with E-state index in [1.165, 1.54) is 0 Å². The van der Waals surface area contributed by atoms with Crippen molar-refractivity contribution in [3.63, 3.8) is 0 Å². The number of methoxy groups -OCH3 is 1. The Balaban J connectivity index is 1.97. The molecule has 0 amide bonds. The average molecular weight is 316 g/mol. The molecule has 0 unspecified atom stereocenters. The zero-order chi connectivity index (χ0) is 16.5. The first kappa shape index (κ1) is 16.7. The molecule has 0 bridgehead atoms. The first-order chi connectivity index (χ1) is 11.2. The van der Waals surface area contributed by atoms with Crippen molar-refractivity contribution < 1.29 is 23.7 Å². The van der Waals surface area contributed by atoms with Crippen LogP contribution >= 0.6 is 0 Å². The third kappa shape index (κ3) is 5.21. The Bertz CT molecular complexity index is 625. The number of ether oxygens (including phenoxy) is 4. The fraction of sp³-hybridized carbons (Fsp3) is 0.278. The van der Waals surface area contributed by atoms with E-state index < -0.39 is 5.97 Å². The van der Waals surface area contributed by atoms with Gasteiger partial charge in [0, 0.05) is 6.07 Å². The molecule has 0 atom stereocenters. The summed E-state index contributed by atoms with van der Waals surface area (Å²) in [4.78, 5) is 11.3. The van der Waals surface area contributed by atoms with Crippen molar-refractivity contribution in [3.05, 3.63) is 54.1 Å². The summed E-state index contributed by atoms with van der Waals surface area (Å²) < 4.78 is 21.3. The highest BCUT2D eigenvalue weighted by Gasteiger charge is 2.09. The minimum Gasteiger partial charge on any atom is -0.493 e. The fourth-order valence-corrected chi connectivity index (χ4v) is 1.94. The minimum absolute atomic E-state index is 0.138. The van der Waals surface area contributed by atoms with E-state index in [2.05, 4.69) is 0 Å². The molecule has 5 nitrogen and oxygen atoms in total. The maximum Gasteiger partial charge on any atom is 0.344 e. The van der Waals surface area contributed by atoms with Gasteiger partial charge in [-0.05, 0) is 24.6 Å². The number of carbonyl (C=O) groups is 1. The molecular formula is C18H20O5. The lowest BCUT2D eigenvalue weighted by Gasteiger charge is -2.12. The third-order valence-electron chi connectivity index (χ3n) is 3.03. The van der Waals surface area contributed by atoms with Gasteiger partial charge in [0.05, 0.1) is 13.7 Å². The van der Waals surface area contributed by atoms with Gasteiger partial charge >= 0.3 is 5.97 Å². The van der Waals surface area contributed by atoms with Crippen molar-refractivity contribution >= 4 is 5.97 Å². The molecule has 0 aliphatic carbocycles. The lowest BCUT2D eigenvalue weighted by Crippen LogP contribution is -2.14. The molecule has 0 N–H and O–H groups in total. The van der Waals surface area contributed by atoms with Crippen LogP contribution in [0.1, 0.15) is 12.5 Å². The normalized spacial score (nSPS) is 10.0.